The lowest BCUT2D eigenvalue weighted by Gasteiger charge is -2.15. The molecule has 1 atom stereocenters. The van der Waals surface area contributed by atoms with E-state index in [4.69, 9.17) is 9.16 Å². The number of ether oxygens (including phenoxy) is 1. The Balaban J connectivity index is 3.21. The van der Waals surface area contributed by atoms with Crippen LogP contribution in [-0.2, 0) is 9.16 Å². The first-order valence-electron chi connectivity index (χ1n) is 4.35. The van der Waals surface area contributed by atoms with Crippen LogP contribution in [0.15, 0.2) is 0 Å². The average molecular weight is 176 g/mol. The second kappa shape index (κ2) is 6.82. The van der Waals surface area contributed by atoms with Crippen LogP contribution in [0.3, 0.4) is 0 Å². The summed E-state index contributed by atoms with van der Waals surface area (Å²) >= 11 is 0. The molecule has 0 aliphatic carbocycles. The highest BCUT2D eigenvalue weighted by Crippen LogP contribution is 2.03. The van der Waals surface area contributed by atoms with Crippen molar-refractivity contribution in [3.05, 3.63) is 0 Å². The third kappa shape index (κ3) is 6.53. The van der Waals surface area contributed by atoms with E-state index in [1.807, 2.05) is 0 Å². The topological polar surface area (TPSA) is 18.5 Å². The smallest absolute Gasteiger partial charge is 0.149 e. The fourth-order valence-electron chi connectivity index (χ4n) is 0.788. The summed E-state index contributed by atoms with van der Waals surface area (Å²) in [5, 5.41) is 0. The molecule has 0 radical (unpaired) electrons. The SMILES string of the molecule is CCC(O[SiH3])OCCC(C)C. The molecule has 0 bridgehead atoms. The van der Waals surface area contributed by atoms with E-state index in [0.717, 1.165) is 35.9 Å². The molecular formula is C8H20O2Si. The lowest BCUT2D eigenvalue weighted by Crippen LogP contribution is -2.16. The summed E-state index contributed by atoms with van der Waals surface area (Å²) in [5.74, 6) is 0.724. The van der Waals surface area contributed by atoms with Gasteiger partial charge in [-0.05, 0) is 18.8 Å². The van der Waals surface area contributed by atoms with Gasteiger partial charge in [-0.2, -0.15) is 0 Å². The van der Waals surface area contributed by atoms with E-state index in [1.54, 1.807) is 0 Å². The lowest BCUT2D eigenvalue weighted by molar-refractivity contribution is -0.0807. The van der Waals surface area contributed by atoms with Gasteiger partial charge in [0.05, 0.1) is 0 Å². The Kier molecular flexibility index (Phi) is 6.91. The maximum absolute atomic E-state index is 5.46. The average Bonchev–Trinajstić information content (AvgIpc) is 1.98. The zero-order valence-electron chi connectivity index (χ0n) is 8.09. The van der Waals surface area contributed by atoms with Gasteiger partial charge in [-0.1, -0.05) is 20.8 Å². The quantitative estimate of drug-likeness (QED) is 0.445. The first kappa shape index (κ1) is 11.1. The van der Waals surface area contributed by atoms with Crippen molar-refractivity contribution in [1.82, 2.24) is 0 Å². The van der Waals surface area contributed by atoms with Crippen LogP contribution in [0.4, 0.5) is 0 Å². The molecule has 0 fully saturated rings. The molecule has 0 aromatic rings. The van der Waals surface area contributed by atoms with Crippen molar-refractivity contribution < 1.29 is 9.16 Å². The van der Waals surface area contributed by atoms with Gasteiger partial charge < -0.3 is 9.16 Å². The monoisotopic (exact) mass is 176 g/mol. The first-order valence-corrected chi connectivity index (χ1v) is 5.16. The summed E-state index contributed by atoms with van der Waals surface area (Å²) in [6, 6.07) is 0. The molecule has 0 saturated heterocycles. The highest BCUT2D eigenvalue weighted by atomic mass is 28.2. The van der Waals surface area contributed by atoms with Gasteiger partial charge in [0.2, 0.25) is 0 Å². The molecule has 68 valence electrons. The Bertz CT molecular complexity index is 82.2. The van der Waals surface area contributed by atoms with Crippen LogP contribution in [0.1, 0.15) is 33.6 Å². The van der Waals surface area contributed by atoms with Gasteiger partial charge in [-0.25, -0.2) is 0 Å². The maximum atomic E-state index is 5.46. The van der Waals surface area contributed by atoms with Crippen LogP contribution in [0.5, 0.6) is 0 Å². The van der Waals surface area contributed by atoms with Crippen LogP contribution in [0, 0.1) is 5.92 Å². The van der Waals surface area contributed by atoms with Gasteiger partial charge >= 0.3 is 0 Å². The van der Waals surface area contributed by atoms with E-state index in [-0.39, 0.29) is 6.29 Å². The maximum Gasteiger partial charge on any atom is 0.149 e. The standard InChI is InChI=1S/C8H20O2Si/c1-4-8(10-11)9-6-5-7(2)3/h7-8H,4-6H2,1-3,11H3. The highest BCUT2D eigenvalue weighted by Gasteiger charge is 2.02. The van der Waals surface area contributed by atoms with Gasteiger partial charge in [-0.15, -0.1) is 0 Å². The molecule has 0 amide bonds. The molecule has 0 saturated carbocycles. The van der Waals surface area contributed by atoms with Crippen molar-refractivity contribution >= 4 is 10.5 Å². The van der Waals surface area contributed by atoms with Gasteiger partial charge in [0.15, 0.2) is 0 Å². The Hall–Kier alpha value is 0.137. The summed E-state index contributed by atoms with van der Waals surface area (Å²) in [7, 11) is 0.770. The zero-order valence-corrected chi connectivity index (χ0v) is 10.1. The van der Waals surface area contributed by atoms with Gasteiger partial charge in [-0.3, -0.25) is 0 Å². The second-order valence-electron chi connectivity index (χ2n) is 3.13. The molecule has 0 spiro atoms. The van der Waals surface area contributed by atoms with E-state index in [1.165, 1.54) is 0 Å². The molecule has 0 N–H and O–H groups in total. The minimum atomic E-state index is 0.0559. The normalized spacial score (nSPS) is 14.2. The Labute approximate surface area is 72.8 Å². The van der Waals surface area contributed by atoms with Crippen molar-refractivity contribution in [1.29, 1.82) is 0 Å². The Morgan fingerprint density at radius 1 is 1.36 bits per heavy atom. The van der Waals surface area contributed by atoms with E-state index in [2.05, 4.69) is 20.8 Å². The molecule has 3 heteroatoms. The zero-order chi connectivity index (χ0) is 8.69. The molecule has 1 unspecified atom stereocenters. The van der Waals surface area contributed by atoms with E-state index >= 15 is 0 Å². The van der Waals surface area contributed by atoms with Crippen LogP contribution >= 0.6 is 0 Å². The molecule has 0 aromatic carbocycles. The predicted molar refractivity (Wildman–Crippen MR) is 50.5 cm³/mol. The van der Waals surface area contributed by atoms with Crippen LogP contribution in [-0.4, -0.2) is 23.4 Å². The molecule has 0 heterocycles. The van der Waals surface area contributed by atoms with Crippen molar-refractivity contribution in [3.8, 4) is 0 Å². The third-order valence-corrected chi connectivity index (χ3v) is 2.12. The van der Waals surface area contributed by atoms with Crippen molar-refractivity contribution in [2.75, 3.05) is 6.61 Å². The Morgan fingerprint density at radius 2 is 2.00 bits per heavy atom. The summed E-state index contributed by atoms with van der Waals surface area (Å²) < 4.78 is 10.7. The minimum absolute atomic E-state index is 0.0559. The fraction of sp³-hybridized carbons (Fsp3) is 1.00. The number of rotatable bonds is 6. The van der Waals surface area contributed by atoms with Gasteiger partial charge in [0.1, 0.15) is 16.8 Å². The fourth-order valence-corrected chi connectivity index (χ4v) is 1.26. The summed E-state index contributed by atoms with van der Waals surface area (Å²) in [6.45, 7) is 7.31. The highest BCUT2D eigenvalue weighted by molar-refractivity contribution is 5.98. The van der Waals surface area contributed by atoms with Crippen LogP contribution in [0.25, 0.3) is 0 Å². The summed E-state index contributed by atoms with van der Waals surface area (Å²) in [4.78, 5) is 0. The summed E-state index contributed by atoms with van der Waals surface area (Å²) in [5.41, 5.74) is 0. The number of hydrogen-bond donors (Lipinski definition) is 0. The molecule has 11 heavy (non-hydrogen) atoms. The van der Waals surface area contributed by atoms with E-state index in [0.29, 0.717) is 0 Å². The van der Waals surface area contributed by atoms with Crippen molar-refractivity contribution in [2.24, 2.45) is 5.92 Å². The van der Waals surface area contributed by atoms with Crippen molar-refractivity contribution in [2.45, 2.75) is 39.9 Å². The van der Waals surface area contributed by atoms with Crippen LogP contribution in [0.2, 0.25) is 0 Å². The summed E-state index contributed by atoms with van der Waals surface area (Å²) in [6.07, 6.45) is 2.14. The van der Waals surface area contributed by atoms with Gasteiger partial charge in [0.25, 0.3) is 0 Å². The molecule has 0 aromatic heterocycles. The minimum Gasteiger partial charge on any atom is -0.404 e. The Morgan fingerprint density at radius 3 is 2.36 bits per heavy atom. The first-order chi connectivity index (χ1) is 5.20. The van der Waals surface area contributed by atoms with Crippen molar-refractivity contribution in [3.63, 3.8) is 0 Å². The molecule has 0 rings (SSSR count). The molecular weight excluding hydrogens is 156 g/mol. The number of hydrogen-bond acceptors (Lipinski definition) is 2. The lowest BCUT2D eigenvalue weighted by atomic mass is 10.1. The molecule has 0 aliphatic rings. The van der Waals surface area contributed by atoms with E-state index < -0.39 is 0 Å². The second-order valence-corrected chi connectivity index (χ2v) is 3.60. The van der Waals surface area contributed by atoms with E-state index in [9.17, 15) is 0 Å². The third-order valence-electron chi connectivity index (χ3n) is 1.60. The largest absolute Gasteiger partial charge is 0.404 e. The van der Waals surface area contributed by atoms with Crippen LogP contribution < -0.4 is 0 Å². The molecule has 0 aliphatic heterocycles. The van der Waals surface area contributed by atoms with Gasteiger partial charge in [0, 0.05) is 6.61 Å². The predicted octanol–water partition coefficient (Wildman–Crippen LogP) is 1.08. The molecule has 2 nitrogen and oxygen atoms in total.